The first-order chi connectivity index (χ1) is 12.8. The maximum absolute atomic E-state index is 12.2. The van der Waals surface area contributed by atoms with Gasteiger partial charge in [-0.3, -0.25) is 4.79 Å². The predicted octanol–water partition coefficient (Wildman–Crippen LogP) is 4.52. The van der Waals surface area contributed by atoms with E-state index in [0.29, 0.717) is 10.8 Å². The standard InChI is InChI=1S/C19H20ClN3O2S2/c1-11(21-17(24)10-25-14-6-4-13(20)5-7-14)23(3)15-8-9-16-18(19(15)26)22-12(2)27-16/h4-9,11,26H,10H2,1-3H3,(H,21,24). The van der Waals surface area contributed by atoms with Gasteiger partial charge in [0, 0.05) is 12.1 Å². The summed E-state index contributed by atoms with van der Waals surface area (Å²) in [5.41, 5.74) is 1.79. The molecular weight excluding hydrogens is 402 g/mol. The fraction of sp³-hybridized carbons (Fsp3) is 0.263. The van der Waals surface area contributed by atoms with Gasteiger partial charge >= 0.3 is 0 Å². The summed E-state index contributed by atoms with van der Waals surface area (Å²) in [6, 6.07) is 10.9. The number of aryl methyl sites for hydroxylation is 1. The van der Waals surface area contributed by atoms with Gasteiger partial charge in [-0.1, -0.05) is 11.6 Å². The van der Waals surface area contributed by atoms with E-state index < -0.39 is 0 Å². The van der Waals surface area contributed by atoms with E-state index in [1.54, 1.807) is 35.6 Å². The Hall–Kier alpha value is -1.96. The molecule has 1 unspecified atom stereocenters. The van der Waals surface area contributed by atoms with Crippen molar-refractivity contribution in [3.05, 3.63) is 46.4 Å². The SMILES string of the molecule is Cc1nc2c(S)c(N(C)C(C)NC(=O)COc3ccc(Cl)cc3)ccc2s1. The molecule has 1 heterocycles. The molecular formula is C19H20ClN3O2S2. The molecule has 3 aromatic rings. The first-order valence-electron chi connectivity index (χ1n) is 8.35. The summed E-state index contributed by atoms with van der Waals surface area (Å²) in [6.07, 6.45) is -0.241. The van der Waals surface area contributed by atoms with Gasteiger partial charge in [-0.25, -0.2) is 4.98 Å². The zero-order chi connectivity index (χ0) is 19.6. The summed E-state index contributed by atoms with van der Waals surface area (Å²) < 4.78 is 6.58. The smallest absolute Gasteiger partial charge is 0.259 e. The van der Waals surface area contributed by atoms with Crippen LogP contribution in [0.4, 0.5) is 5.69 Å². The monoisotopic (exact) mass is 421 g/mol. The quantitative estimate of drug-likeness (QED) is 0.453. The molecule has 142 valence electrons. The summed E-state index contributed by atoms with van der Waals surface area (Å²) in [7, 11) is 1.91. The second-order valence-electron chi connectivity index (χ2n) is 6.11. The second-order valence-corrected chi connectivity index (χ2v) is 8.23. The number of rotatable bonds is 6. The zero-order valence-electron chi connectivity index (χ0n) is 15.2. The van der Waals surface area contributed by atoms with Crippen molar-refractivity contribution in [3.63, 3.8) is 0 Å². The van der Waals surface area contributed by atoms with Crippen LogP contribution in [0.3, 0.4) is 0 Å². The van der Waals surface area contributed by atoms with E-state index in [-0.39, 0.29) is 18.7 Å². The highest BCUT2D eigenvalue weighted by molar-refractivity contribution is 7.80. The molecule has 1 aromatic heterocycles. The van der Waals surface area contributed by atoms with E-state index in [4.69, 9.17) is 16.3 Å². The van der Waals surface area contributed by atoms with Crippen molar-refractivity contribution in [1.82, 2.24) is 10.3 Å². The van der Waals surface area contributed by atoms with Gasteiger partial charge in [-0.05, 0) is 50.2 Å². The molecule has 0 saturated carbocycles. The van der Waals surface area contributed by atoms with Gasteiger partial charge in [-0.15, -0.1) is 24.0 Å². The van der Waals surface area contributed by atoms with Crippen LogP contribution in [0.15, 0.2) is 41.3 Å². The number of carbonyl (C=O) groups is 1. The number of halogens is 1. The van der Waals surface area contributed by atoms with Crippen molar-refractivity contribution in [2.24, 2.45) is 0 Å². The van der Waals surface area contributed by atoms with Crippen molar-refractivity contribution in [2.75, 3.05) is 18.6 Å². The minimum Gasteiger partial charge on any atom is -0.484 e. The second kappa shape index (κ2) is 8.37. The third-order valence-electron chi connectivity index (χ3n) is 4.13. The molecule has 0 saturated heterocycles. The van der Waals surface area contributed by atoms with Crippen molar-refractivity contribution in [2.45, 2.75) is 24.9 Å². The van der Waals surface area contributed by atoms with Gasteiger partial charge in [0.05, 0.1) is 32.0 Å². The molecule has 0 fully saturated rings. The molecule has 0 aliphatic carbocycles. The number of anilines is 1. The predicted molar refractivity (Wildman–Crippen MR) is 115 cm³/mol. The zero-order valence-corrected chi connectivity index (χ0v) is 17.7. The minimum absolute atomic E-state index is 0.0716. The number of nitrogens with zero attached hydrogens (tertiary/aromatic N) is 2. The Balaban J connectivity index is 1.63. The van der Waals surface area contributed by atoms with Crippen LogP contribution in [0.25, 0.3) is 10.2 Å². The van der Waals surface area contributed by atoms with Crippen LogP contribution in [0.5, 0.6) is 5.75 Å². The molecule has 0 aliphatic heterocycles. The number of carbonyl (C=O) groups excluding carboxylic acids is 1. The molecule has 27 heavy (non-hydrogen) atoms. The highest BCUT2D eigenvalue weighted by atomic mass is 35.5. The highest BCUT2D eigenvalue weighted by Gasteiger charge is 2.17. The van der Waals surface area contributed by atoms with E-state index >= 15 is 0 Å². The molecule has 0 spiro atoms. The number of fused-ring (bicyclic) bond motifs is 1. The van der Waals surface area contributed by atoms with Gasteiger partial charge in [0.2, 0.25) is 0 Å². The lowest BCUT2D eigenvalue weighted by Crippen LogP contribution is -2.46. The highest BCUT2D eigenvalue weighted by Crippen LogP contribution is 2.34. The molecule has 2 aromatic carbocycles. The lowest BCUT2D eigenvalue weighted by Gasteiger charge is -2.28. The minimum atomic E-state index is -0.241. The number of benzene rings is 2. The first kappa shape index (κ1) is 19.8. The Morgan fingerprint density at radius 3 is 2.74 bits per heavy atom. The van der Waals surface area contributed by atoms with Crippen LogP contribution in [0, 0.1) is 6.92 Å². The average molecular weight is 422 g/mol. The van der Waals surface area contributed by atoms with E-state index in [9.17, 15) is 4.79 Å². The van der Waals surface area contributed by atoms with Gasteiger partial charge in [0.15, 0.2) is 6.61 Å². The summed E-state index contributed by atoms with van der Waals surface area (Å²) >= 11 is 12.1. The molecule has 0 bridgehead atoms. The van der Waals surface area contributed by atoms with Crippen LogP contribution in [-0.4, -0.2) is 30.7 Å². The number of nitrogens with one attached hydrogen (secondary N) is 1. The molecule has 1 atom stereocenters. The fourth-order valence-corrected chi connectivity index (χ4v) is 4.06. The van der Waals surface area contributed by atoms with Crippen LogP contribution >= 0.6 is 35.6 Å². The lowest BCUT2D eigenvalue weighted by molar-refractivity contribution is -0.123. The maximum Gasteiger partial charge on any atom is 0.259 e. The normalized spacial score (nSPS) is 12.0. The summed E-state index contributed by atoms with van der Waals surface area (Å²) in [6.45, 7) is 3.81. The van der Waals surface area contributed by atoms with Gasteiger partial charge < -0.3 is 15.0 Å². The van der Waals surface area contributed by atoms with Crippen molar-refractivity contribution in [3.8, 4) is 5.75 Å². The summed E-state index contributed by atoms with van der Waals surface area (Å²) in [4.78, 5) is 19.5. The van der Waals surface area contributed by atoms with Crippen LogP contribution in [0.1, 0.15) is 11.9 Å². The van der Waals surface area contributed by atoms with Crippen LogP contribution in [0.2, 0.25) is 5.02 Å². The van der Waals surface area contributed by atoms with Crippen molar-refractivity contribution >= 4 is 57.4 Å². The van der Waals surface area contributed by atoms with Gasteiger partial charge in [-0.2, -0.15) is 0 Å². The number of thiol groups is 1. The Bertz CT molecular complexity index is 959. The third kappa shape index (κ3) is 4.66. The maximum atomic E-state index is 12.2. The number of amides is 1. The van der Waals surface area contributed by atoms with Crippen LogP contribution < -0.4 is 15.0 Å². The lowest BCUT2D eigenvalue weighted by atomic mass is 10.2. The van der Waals surface area contributed by atoms with Gasteiger partial charge in [0.1, 0.15) is 5.75 Å². The molecule has 0 radical (unpaired) electrons. The van der Waals surface area contributed by atoms with Gasteiger partial charge in [0.25, 0.3) is 5.91 Å². The number of thiazole rings is 1. The molecule has 8 heteroatoms. The van der Waals surface area contributed by atoms with E-state index in [1.165, 1.54) is 0 Å². The molecule has 1 amide bonds. The number of aromatic nitrogens is 1. The topological polar surface area (TPSA) is 54.5 Å². The summed E-state index contributed by atoms with van der Waals surface area (Å²) in [5.74, 6) is 0.383. The van der Waals surface area contributed by atoms with E-state index in [2.05, 4.69) is 22.9 Å². The Labute approximate surface area is 172 Å². The largest absolute Gasteiger partial charge is 0.484 e. The average Bonchev–Trinajstić information content (AvgIpc) is 3.02. The Morgan fingerprint density at radius 1 is 1.33 bits per heavy atom. The summed E-state index contributed by atoms with van der Waals surface area (Å²) in [5, 5.41) is 4.55. The third-order valence-corrected chi connectivity index (χ3v) is 5.76. The van der Waals surface area contributed by atoms with E-state index in [0.717, 1.165) is 25.8 Å². The van der Waals surface area contributed by atoms with Crippen molar-refractivity contribution in [1.29, 1.82) is 0 Å². The Kier molecular flexibility index (Phi) is 6.14. The first-order valence-corrected chi connectivity index (χ1v) is 9.99. The molecule has 5 nitrogen and oxygen atoms in total. The number of hydrogen-bond donors (Lipinski definition) is 2. The van der Waals surface area contributed by atoms with Crippen LogP contribution in [-0.2, 0) is 4.79 Å². The van der Waals surface area contributed by atoms with Crippen molar-refractivity contribution < 1.29 is 9.53 Å². The van der Waals surface area contributed by atoms with E-state index in [1.807, 2.05) is 37.9 Å². The Morgan fingerprint density at radius 2 is 2.04 bits per heavy atom. The number of hydrogen-bond acceptors (Lipinski definition) is 6. The molecule has 3 rings (SSSR count). The molecule has 1 N–H and O–H groups in total. The number of ether oxygens (including phenoxy) is 1. The molecule has 0 aliphatic rings. The fourth-order valence-electron chi connectivity index (χ4n) is 2.62.